The number of halogens is 1. The Balaban J connectivity index is 2.91. The van der Waals surface area contributed by atoms with E-state index in [1.807, 2.05) is 11.8 Å². The van der Waals surface area contributed by atoms with Crippen LogP contribution in [0.15, 0.2) is 22.7 Å². The molecule has 0 heterocycles. The molecule has 108 valence electrons. The van der Waals surface area contributed by atoms with Crippen LogP contribution in [0.4, 0.5) is 5.69 Å². The number of nitrogens with two attached hydrogens (primary N) is 1. The minimum Gasteiger partial charge on any atom is -0.372 e. The van der Waals surface area contributed by atoms with Crippen LogP contribution < -0.4 is 10.6 Å². The maximum Gasteiger partial charge on any atom is 0.0399 e. The van der Waals surface area contributed by atoms with E-state index in [4.69, 9.17) is 5.73 Å². The molecule has 2 nitrogen and oxygen atoms in total. The van der Waals surface area contributed by atoms with Crippen LogP contribution in [0.2, 0.25) is 0 Å². The average Bonchev–Trinajstić information content (AvgIpc) is 2.34. The summed E-state index contributed by atoms with van der Waals surface area (Å²) in [6.45, 7) is 4.34. The molecule has 4 heteroatoms. The second-order valence-corrected chi connectivity index (χ2v) is 7.10. The smallest absolute Gasteiger partial charge is 0.0399 e. The fourth-order valence-corrected chi connectivity index (χ4v) is 3.11. The van der Waals surface area contributed by atoms with Gasteiger partial charge in [-0.1, -0.05) is 15.9 Å². The maximum absolute atomic E-state index is 5.96. The SMILES string of the molecule is CSCCC(C)N(C)c1ccc(Br)cc1CC(C)N. The molecule has 0 bridgehead atoms. The van der Waals surface area contributed by atoms with E-state index in [9.17, 15) is 0 Å². The largest absolute Gasteiger partial charge is 0.372 e. The summed E-state index contributed by atoms with van der Waals surface area (Å²) in [5.74, 6) is 1.20. The van der Waals surface area contributed by atoms with Crippen molar-refractivity contribution < 1.29 is 0 Å². The van der Waals surface area contributed by atoms with Crippen molar-refractivity contribution in [2.24, 2.45) is 5.73 Å². The van der Waals surface area contributed by atoms with E-state index in [0.29, 0.717) is 6.04 Å². The Labute approximate surface area is 130 Å². The van der Waals surface area contributed by atoms with Crippen LogP contribution in [0.25, 0.3) is 0 Å². The molecule has 0 saturated carbocycles. The molecule has 2 atom stereocenters. The molecule has 1 aromatic rings. The Bertz CT molecular complexity index is 396. The average molecular weight is 345 g/mol. The van der Waals surface area contributed by atoms with Gasteiger partial charge in [0.1, 0.15) is 0 Å². The van der Waals surface area contributed by atoms with Gasteiger partial charge in [0, 0.05) is 29.3 Å². The van der Waals surface area contributed by atoms with Crippen molar-refractivity contribution in [3.63, 3.8) is 0 Å². The first-order valence-electron chi connectivity index (χ1n) is 6.71. The summed E-state index contributed by atoms with van der Waals surface area (Å²) in [5, 5.41) is 0. The lowest BCUT2D eigenvalue weighted by Gasteiger charge is -2.29. The Morgan fingerprint density at radius 3 is 2.63 bits per heavy atom. The Morgan fingerprint density at radius 1 is 1.37 bits per heavy atom. The van der Waals surface area contributed by atoms with Gasteiger partial charge in [0.05, 0.1) is 0 Å². The van der Waals surface area contributed by atoms with Crippen LogP contribution in [-0.2, 0) is 6.42 Å². The van der Waals surface area contributed by atoms with Gasteiger partial charge in [-0.05, 0) is 62.5 Å². The zero-order valence-electron chi connectivity index (χ0n) is 12.3. The third-order valence-corrected chi connectivity index (χ3v) is 4.50. The molecular formula is C15H25BrN2S. The van der Waals surface area contributed by atoms with Crippen molar-refractivity contribution >= 4 is 33.4 Å². The van der Waals surface area contributed by atoms with Gasteiger partial charge < -0.3 is 10.6 Å². The zero-order valence-corrected chi connectivity index (χ0v) is 14.7. The van der Waals surface area contributed by atoms with Crippen LogP contribution in [0.1, 0.15) is 25.8 Å². The topological polar surface area (TPSA) is 29.3 Å². The molecule has 0 aliphatic heterocycles. The van der Waals surface area contributed by atoms with Crippen molar-refractivity contribution in [3.05, 3.63) is 28.2 Å². The number of thioether (sulfide) groups is 1. The first-order valence-corrected chi connectivity index (χ1v) is 8.90. The van der Waals surface area contributed by atoms with E-state index in [1.54, 1.807) is 0 Å². The Kier molecular flexibility index (Phi) is 7.26. The standard InChI is InChI=1S/C15H25BrN2S/c1-11(17)9-13-10-14(16)5-6-15(13)18(3)12(2)7-8-19-4/h5-6,10-12H,7-9,17H2,1-4H3. The van der Waals surface area contributed by atoms with Crippen LogP contribution in [0.3, 0.4) is 0 Å². The minimum absolute atomic E-state index is 0.183. The van der Waals surface area contributed by atoms with Crippen LogP contribution >= 0.6 is 27.7 Å². The minimum atomic E-state index is 0.183. The normalized spacial score (nSPS) is 14.2. The fourth-order valence-electron chi connectivity index (χ4n) is 2.13. The summed E-state index contributed by atoms with van der Waals surface area (Å²) in [4.78, 5) is 2.38. The molecule has 2 unspecified atom stereocenters. The number of benzene rings is 1. The highest BCUT2D eigenvalue weighted by Crippen LogP contribution is 2.27. The van der Waals surface area contributed by atoms with Gasteiger partial charge in [-0.3, -0.25) is 0 Å². The van der Waals surface area contributed by atoms with Crippen molar-refractivity contribution in [1.82, 2.24) is 0 Å². The van der Waals surface area contributed by atoms with Crippen molar-refractivity contribution in [1.29, 1.82) is 0 Å². The molecular weight excluding hydrogens is 320 g/mol. The van der Waals surface area contributed by atoms with Crippen molar-refractivity contribution in [2.45, 2.75) is 38.8 Å². The molecule has 2 N–H and O–H groups in total. The van der Waals surface area contributed by atoms with E-state index < -0.39 is 0 Å². The van der Waals surface area contributed by atoms with Crippen LogP contribution in [0, 0.1) is 0 Å². The molecule has 0 saturated heterocycles. The third kappa shape index (κ3) is 5.36. The molecule has 19 heavy (non-hydrogen) atoms. The van der Waals surface area contributed by atoms with Gasteiger partial charge in [-0.15, -0.1) is 0 Å². The second kappa shape index (κ2) is 8.18. The van der Waals surface area contributed by atoms with Gasteiger partial charge in [0.25, 0.3) is 0 Å². The monoisotopic (exact) mass is 344 g/mol. The number of hydrogen-bond donors (Lipinski definition) is 1. The van der Waals surface area contributed by atoms with E-state index in [2.05, 4.69) is 66.2 Å². The molecule has 0 aliphatic rings. The highest BCUT2D eigenvalue weighted by Gasteiger charge is 2.14. The lowest BCUT2D eigenvalue weighted by Crippen LogP contribution is -2.31. The van der Waals surface area contributed by atoms with Crippen molar-refractivity contribution in [2.75, 3.05) is 24.0 Å². The zero-order chi connectivity index (χ0) is 14.4. The maximum atomic E-state index is 5.96. The summed E-state index contributed by atoms with van der Waals surface area (Å²) in [7, 11) is 2.18. The fraction of sp³-hybridized carbons (Fsp3) is 0.600. The predicted octanol–water partition coefficient (Wildman–Crippen LogP) is 3.92. The molecule has 0 fully saturated rings. The Hall–Kier alpha value is -0.190. The summed E-state index contributed by atoms with van der Waals surface area (Å²) in [6, 6.07) is 7.22. The molecule has 0 amide bonds. The molecule has 0 aliphatic carbocycles. The van der Waals surface area contributed by atoms with Gasteiger partial charge >= 0.3 is 0 Å². The highest BCUT2D eigenvalue weighted by molar-refractivity contribution is 9.10. The lowest BCUT2D eigenvalue weighted by atomic mass is 10.0. The second-order valence-electron chi connectivity index (χ2n) is 5.20. The first kappa shape index (κ1) is 16.9. The first-order chi connectivity index (χ1) is 8.95. The highest BCUT2D eigenvalue weighted by atomic mass is 79.9. The molecule has 0 spiro atoms. The van der Waals surface area contributed by atoms with Gasteiger partial charge in [0.15, 0.2) is 0 Å². The lowest BCUT2D eigenvalue weighted by molar-refractivity contribution is 0.661. The Morgan fingerprint density at radius 2 is 2.05 bits per heavy atom. The summed E-state index contributed by atoms with van der Waals surface area (Å²) < 4.78 is 1.12. The van der Waals surface area contributed by atoms with E-state index >= 15 is 0 Å². The van der Waals surface area contributed by atoms with Gasteiger partial charge in [-0.2, -0.15) is 11.8 Å². The summed E-state index contributed by atoms with van der Waals surface area (Å²) >= 11 is 5.46. The molecule has 1 aromatic carbocycles. The van der Waals surface area contributed by atoms with Crippen LogP contribution in [0.5, 0.6) is 0 Å². The quantitative estimate of drug-likeness (QED) is 0.812. The van der Waals surface area contributed by atoms with Gasteiger partial charge in [0.2, 0.25) is 0 Å². The number of anilines is 1. The number of nitrogens with zero attached hydrogens (tertiary/aromatic N) is 1. The van der Waals surface area contributed by atoms with Crippen molar-refractivity contribution in [3.8, 4) is 0 Å². The van der Waals surface area contributed by atoms with Gasteiger partial charge in [-0.25, -0.2) is 0 Å². The van der Waals surface area contributed by atoms with Crippen LogP contribution in [-0.4, -0.2) is 31.1 Å². The molecule has 0 radical (unpaired) electrons. The van der Waals surface area contributed by atoms with E-state index in [1.165, 1.54) is 23.4 Å². The molecule has 0 aromatic heterocycles. The molecule has 1 rings (SSSR count). The summed E-state index contributed by atoms with van der Waals surface area (Å²) in [6.07, 6.45) is 4.27. The predicted molar refractivity (Wildman–Crippen MR) is 92.4 cm³/mol. The third-order valence-electron chi connectivity index (χ3n) is 3.36. The van der Waals surface area contributed by atoms with E-state index in [-0.39, 0.29) is 6.04 Å². The van der Waals surface area contributed by atoms with E-state index in [0.717, 1.165) is 10.9 Å². The number of hydrogen-bond acceptors (Lipinski definition) is 3. The number of rotatable bonds is 7. The summed E-state index contributed by atoms with van der Waals surface area (Å²) in [5.41, 5.74) is 8.58.